The van der Waals surface area contributed by atoms with Crippen molar-refractivity contribution in [2.24, 2.45) is 7.05 Å². The van der Waals surface area contributed by atoms with Gasteiger partial charge in [-0.1, -0.05) is 0 Å². The Morgan fingerprint density at radius 1 is 1.43 bits per heavy atom. The van der Waals surface area contributed by atoms with E-state index in [0.29, 0.717) is 12.8 Å². The molecule has 0 N–H and O–H groups in total. The number of rotatable bonds is 5. The fourth-order valence-corrected chi connectivity index (χ4v) is 1.76. The molecular formula is C8H14N2O3S. The van der Waals surface area contributed by atoms with E-state index in [1.165, 1.54) is 0 Å². The molecule has 0 unspecified atom stereocenters. The Kier molecular flexibility index (Phi) is 3.65. The summed E-state index contributed by atoms with van der Waals surface area (Å²) in [7, 11) is -2.12. The van der Waals surface area contributed by atoms with Crippen molar-refractivity contribution < 1.29 is 17.5 Å². The maximum atomic E-state index is 10.3. The highest BCUT2D eigenvalue weighted by molar-refractivity contribution is 7.85. The Morgan fingerprint density at radius 2 is 2.14 bits per heavy atom. The van der Waals surface area contributed by atoms with E-state index in [-0.39, 0.29) is 5.75 Å². The van der Waals surface area contributed by atoms with Gasteiger partial charge in [0.2, 0.25) is 6.33 Å². The standard InChI is InChI=1S/C8H14N2O3S/c1-9-5-6-10(8-9)4-2-3-7-14(11,12)13/h5-6,8H,2-4,7H2,1H3. The van der Waals surface area contributed by atoms with Crippen molar-refractivity contribution in [2.45, 2.75) is 19.4 Å². The minimum atomic E-state index is -4.04. The predicted octanol–water partition coefficient (Wildman–Crippen LogP) is -0.362. The average molecular weight is 218 g/mol. The molecule has 0 amide bonds. The lowest BCUT2D eigenvalue weighted by Gasteiger charge is -2.04. The summed E-state index contributed by atoms with van der Waals surface area (Å²) in [5, 5.41) is 0. The zero-order valence-corrected chi connectivity index (χ0v) is 8.90. The van der Waals surface area contributed by atoms with E-state index in [9.17, 15) is 13.0 Å². The Morgan fingerprint density at radius 3 is 2.64 bits per heavy atom. The molecule has 0 aliphatic carbocycles. The Labute approximate surface area is 83.7 Å². The van der Waals surface area contributed by atoms with Crippen LogP contribution in [0.15, 0.2) is 18.7 Å². The molecule has 0 saturated heterocycles. The minimum absolute atomic E-state index is 0.263. The molecule has 80 valence electrons. The number of imidazole rings is 1. The highest BCUT2D eigenvalue weighted by Gasteiger charge is 2.00. The first kappa shape index (κ1) is 11.2. The van der Waals surface area contributed by atoms with Gasteiger partial charge in [-0.05, 0) is 12.8 Å². The predicted molar refractivity (Wildman–Crippen MR) is 49.4 cm³/mol. The van der Waals surface area contributed by atoms with Gasteiger partial charge in [0.05, 0.1) is 23.7 Å². The van der Waals surface area contributed by atoms with Crippen molar-refractivity contribution in [3.63, 3.8) is 0 Å². The lowest BCUT2D eigenvalue weighted by molar-refractivity contribution is -0.671. The molecule has 1 rings (SSSR count). The number of hydrogen-bond acceptors (Lipinski definition) is 3. The maximum absolute atomic E-state index is 10.3. The van der Waals surface area contributed by atoms with Gasteiger partial charge in [0, 0.05) is 5.75 Å². The molecule has 0 aliphatic heterocycles. The molecule has 1 heterocycles. The molecule has 6 heteroatoms. The molecule has 0 atom stereocenters. The van der Waals surface area contributed by atoms with Crippen LogP contribution >= 0.6 is 0 Å². The van der Waals surface area contributed by atoms with Crippen molar-refractivity contribution in [1.29, 1.82) is 0 Å². The monoisotopic (exact) mass is 218 g/mol. The third-order valence-corrected chi connectivity index (χ3v) is 2.67. The summed E-state index contributed by atoms with van der Waals surface area (Å²) in [5.74, 6) is -0.263. The quantitative estimate of drug-likeness (QED) is 0.385. The molecule has 0 saturated carbocycles. The summed E-state index contributed by atoms with van der Waals surface area (Å²) in [6, 6.07) is 0. The van der Waals surface area contributed by atoms with Crippen LogP contribution in [0.25, 0.3) is 0 Å². The Hall–Kier alpha value is -0.880. The van der Waals surface area contributed by atoms with Gasteiger partial charge in [-0.3, -0.25) is 0 Å². The fourth-order valence-electron chi connectivity index (χ4n) is 1.21. The van der Waals surface area contributed by atoms with Crippen LogP contribution in [0.1, 0.15) is 12.8 Å². The van der Waals surface area contributed by atoms with E-state index in [4.69, 9.17) is 0 Å². The maximum Gasteiger partial charge on any atom is 0.243 e. The first-order chi connectivity index (χ1) is 6.47. The van der Waals surface area contributed by atoms with E-state index in [0.717, 1.165) is 6.54 Å². The summed E-state index contributed by atoms with van der Waals surface area (Å²) in [6.45, 7) is 0.746. The number of hydrogen-bond donors (Lipinski definition) is 0. The lowest BCUT2D eigenvalue weighted by Crippen LogP contribution is -2.23. The first-order valence-electron chi connectivity index (χ1n) is 4.42. The lowest BCUT2D eigenvalue weighted by atomic mass is 10.3. The van der Waals surface area contributed by atoms with Crippen LogP contribution in [0.4, 0.5) is 0 Å². The molecule has 0 aromatic carbocycles. The van der Waals surface area contributed by atoms with Gasteiger partial charge in [-0.25, -0.2) is 17.6 Å². The van der Waals surface area contributed by atoms with E-state index in [2.05, 4.69) is 0 Å². The van der Waals surface area contributed by atoms with Crippen LogP contribution in [-0.2, 0) is 23.7 Å². The second-order valence-corrected chi connectivity index (χ2v) is 4.81. The molecule has 5 nitrogen and oxygen atoms in total. The SMILES string of the molecule is C[n+]1ccn(CCCCS(=O)(=O)[O-])c1. The minimum Gasteiger partial charge on any atom is -0.748 e. The summed E-state index contributed by atoms with van der Waals surface area (Å²) < 4.78 is 34.7. The molecule has 0 aliphatic rings. The van der Waals surface area contributed by atoms with E-state index in [1.807, 2.05) is 34.9 Å². The van der Waals surface area contributed by atoms with E-state index < -0.39 is 10.1 Å². The second-order valence-electron chi connectivity index (χ2n) is 3.29. The number of nitrogens with zero attached hydrogens (tertiary/aromatic N) is 2. The van der Waals surface area contributed by atoms with Crippen LogP contribution < -0.4 is 4.57 Å². The van der Waals surface area contributed by atoms with Crippen molar-refractivity contribution in [2.75, 3.05) is 5.75 Å². The van der Waals surface area contributed by atoms with Crippen LogP contribution in [0.5, 0.6) is 0 Å². The highest BCUT2D eigenvalue weighted by Crippen LogP contribution is 1.97. The fraction of sp³-hybridized carbons (Fsp3) is 0.625. The van der Waals surface area contributed by atoms with E-state index in [1.54, 1.807) is 0 Å². The van der Waals surface area contributed by atoms with Gasteiger partial charge in [0.15, 0.2) is 0 Å². The van der Waals surface area contributed by atoms with Crippen molar-refractivity contribution in [3.8, 4) is 0 Å². The van der Waals surface area contributed by atoms with Crippen molar-refractivity contribution >= 4 is 10.1 Å². The van der Waals surface area contributed by atoms with Crippen molar-refractivity contribution in [3.05, 3.63) is 18.7 Å². The van der Waals surface area contributed by atoms with Crippen LogP contribution in [-0.4, -0.2) is 23.3 Å². The number of unbranched alkanes of at least 4 members (excludes halogenated alkanes) is 1. The van der Waals surface area contributed by atoms with Crippen LogP contribution in [0.2, 0.25) is 0 Å². The van der Waals surface area contributed by atoms with Gasteiger partial charge in [0.25, 0.3) is 0 Å². The molecule has 14 heavy (non-hydrogen) atoms. The molecule has 0 radical (unpaired) electrons. The second kappa shape index (κ2) is 4.56. The van der Waals surface area contributed by atoms with Crippen LogP contribution in [0, 0.1) is 0 Å². The van der Waals surface area contributed by atoms with Gasteiger partial charge < -0.3 is 4.55 Å². The average Bonchev–Trinajstić information content (AvgIpc) is 2.44. The molecule has 1 aromatic rings. The summed E-state index contributed by atoms with van der Waals surface area (Å²) in [5.41, 5.74) is 0. The highest BCUT2D eigenvalue weighted by atomic mass is 32.2. The Balaban J connectivity index is 2.23. The molecular weight excluding hydrogens is 204 g/mol. The molecule has 0 spiro atoms. The largest absolute Gasteiger partial charge is 0.748 e. The Bertz CT molecular complexity index is 383. The first-order valence-corrected chi connectivity index (χ1v) is 6.00. The summed E-state index contributed by atoms with van der Waals surface area (Å²) >= 11 is 0. The van der Waals surface area contributed by atoms with Gasteiger partial charge >= 0.3 is 0 Å². The van der Waals surface area contributed by atoms with E-state index >= 15 is 0 Å². The zero-order valence-electron chi connectivity index (χ0n) is 8.09. The van der Waals surface area contributed by atoms with Crippen molar-refractivity contribution in [1.82, 2.24) is 4.57 Å². The summed E-state index contributed by atoms with van der Waals surface area (Å²) in [6.07, 6.45) is 6.85. The normalized spacial score (nSPS) is 11.9. The van der Waals surface area contributed by atoms with Crippen LogP contribution in [0.3, 0.4) is 0 Å². The molecule has 1 aromatic heterocycles. The third-order valence-electron chi connectivity index (χ3n) is 1.88. The molecule has 0 bridgehead atoms. The zero-order chi connectivity index (χ0) is 10.6. The molecule has 0 fully saturated rings. The smallest absolute Gasteiger partial charge is 0.243 e. The van der Waals surface area contributed by atoms with Gasteiger partial charge in [-0.15, -0.1) is 0 Å². The summed E-state index contributed by atoms with van der Waals surface area (Å²) in [4.78, 5) is 0. The topological polar surface area (TPSA) is 66.0 Å². The third kappa shape index (κ3) is 4.38. The number of aryl methyl sites for hydroxylation is 2. The van der Waals surface area contributed by atoms with Gasteiger partial charge in [-0.2, -0.15) is 0 Å². The van der Waals surface area contributed by atoms with Gasteiger partial charge in [0.1, 0.15) is 12.4 Å². The number of aromatic nitrogens is 2.